The second kappa shape index (κ2) is 16.7. The lowest BCUT2D eigenvalue weighted by molar-refractivity contribution is -0.164. The molecule has 0 radical (unpaired) electrons. The molecule has 9 nitrogen and oxygen atoms in total. The fourth-order valence-electron chi connectivity index (χ4n) is 8.65. The molecule has 1 aromatic carbocycles. The Labute approximate surface area is 330 Å². The number of nitrogens with two attached hydrogens (primary N) is 1. The third kappa shape index (κ3) is 8.89. The number of carboxylic acids is 1. The molecule has 3 N–H and O–H groups in total. The molecule has 4 heterocycles. The predicted molar refractivity (Wildman–Crippen MR) is 197 cm³/mol. The highest BCUT2D eigenvalue weighted by Gasteiger charge is 2.55. The summed E-state index contributed by atoms with van der Waals surface area (Å²) in [6.45, 7) is 2.05. The number of ether oxygens (including phenoxy) is 2. The summed E-state index contributed by atoms with van der Waals surface area (Å²) in [6, 6.07) is 6.53. The van der Waals surface area contributed by atoms with E-state index in [1.54, 1.807) is 11.0 Å². The maximum absolute atomic E-state index is 15.3. The number of para-hydroxylation sites is 1. The number of carbonyl (C=O) groups is 2. The molecule has 0 spiro atoms. The van der Waals surface area contributed by atoms with E-state index in [0.29, 0.717) is 62.0 Å². The van der Waals surface area contributed by atoms with Crippen molar-refractivity contribution in [1.29, 1.82) is 0 Å². The molecular formula is C40H47F7N4O5S. The summed E-state index contributed by atoms with van der Waals surface area (Å²) in [5.41, 5.74) is 2.48. The molecule has 1 saturated carbocycles. The van der Waals surface area contributed by atoms with Crippen LogP contribution < -0.4 is 15.2 Å². The lowest BCUT2D eigenvalue weighted by Crippen LogP contribution is -2.68. The number of alkyl halides is 6. The van der Waals surface area contributed by atoms with Gasteiger partial charge >= 0.3 is 18.3 Å². The maximum Gasteiger partial charge on any atom is 0.425 e. The van der Waals surface area contributed by atoms with Gasteiger partial charge in [-0.15, -0.1) is 11.3 Å². The first-order valence-electron chi connectivity index (χ1n) is 19.3. The topological polar surface area (TPSA) is 118 Å². The van der Waals surface area contributed by atoms with Crippen LogP contribution in [0.5, 0.6) is 11.5 Å². The number of aliphatic carboxylic acids is 1. The highest BCUT2D eigenvalue weighted by atomic mass is 32.1. The number of nitrogens with zero attached hydrogens (tertiary/aromatic N) is 3. The number of rotatable bonds is 14. The Morgan fingerprint density at radius 3 is 2.35 bits per heavy atom. The van der Waals surface area contributed by atoms with Crippen molar-refractivity contribution in [3.63, 3.8) is 0 Å². The molecule has 1 amide bonds. The number of thiophene rings is 1. The molecule has 2 saturated heterocycles. The van der Waals surface area contributed by atoms with Gasteiger partial charge in [-0.1, -0.05) is 31.9 Å². The third-order valence-corrected chi connectivity index (χ3v) is 12.8. The Kier molecular flexibility index (Phi) is 12.5. The van der Waals surface area contributed by atoms with E-state index in [1.807, 2.05) is 6.92 Å². The van der Waals surface area contributed by atoms with E-state index in [2.05, 4.69) is 4.98 Å². The fraction of sp³-hybridized carbons (Fsp3) is 0.575. The molecule has 2 atom stereocenters. The Bertz CT molecular complexity index is 1890. The Balaban J connectivity index is 1.26. The minimum absolute atomic E-state index is 0.0471. The number of amides is 1. The highest BCUT2D eigenvalue weighted by Crippen LogP contribution is 2.46. The van der Waals surface area contributed by atoms with Crippen LogP contribution in [0.2, 0.25) is 0 Å². The summed E-state index contributed by atoms with van der Waals surface area (Å²) in [7, 11) is 0. The van der Waals surface area contributed by atoms with Gasteiger partial charge in [0.15, 0.2) is 11.6 Å². The first-order chi connectivity index (χ1) is 26.9. The minimum atomic E-state index is -4.69. The molecule has 0 bridgehead atoms. The number of pyridine rings is 1. The zero-order chi connectivity index (χ0) is 41.2. The molecule has 3 aliphatic rings. The van der Waals surface area contributed by atoms with Crippen LogP contribution in [0, 0.1) is 11.2 Å². The lowest BCUT2D eigenvalue weighted by Gasteiger charge is -2.51. The number of hydrogen-bond acceptors (Lipinski definition) is 8. The Hall–Kier alpha value is -3.96. The number of aromatic nitrogens is 1. The van der Waals surface area contributed by atoms with Gasteiger partial charge in [-0.05, 0) is 82.5 Å². The molecule has 3 fully saturated rings. The van der Waals surface area contributed by atoms with E-state index in [4.69, 9.17) is 15.2 Å². The number of hydrogen-bond donors (Lipinski definition) is 2. The van der Waals surface area contributed by atoms with Gasteiger partial charge in [0, 0.05) is 48.4 Å². The van der Waals surface area contributed by atoms with Crippen molar-refractivity contribution in [2.45, 2.75) is 114 Å². The number of piperidine rings is 2. The standard InChI is InChI=1S/C40H47F7N4O5S/c1-2-8-31-38(56-26-23-32(57-25-26)40(45,46)47,15-6-19-51(31)24-30-27(39(42,43)44)10-4-18-49-30)34(52)50-20-16-37(48,17-21-50)28-9-3-11-29(41)33(28)55-22-7-14-36(35(53)54)12-5-13-36/h3-4,9-11,18,23,25,31H,2,5-8,12-17,19-22,24,48H2,1H3,(H,53,54). The quantitative estimate of drug-likeness (QED) is 0.122. The van der Waals surface area contributed by atoms with Crippen LogP contribution in [0.3, 0.4) is 0 Å². The van der Waals surface area contributed by atoms with E-state index in [9.17, 15) is 41.0 Å². The van der Waals surface area contributed by atoms with Crippen molar-refractivity contribution in [2.75, 3.05) is 26.2 Å². The predicted octanol–water partition coefficient (Wildman–Crippen LogP) is 8.79. The number of benzene rings is 1. The number of likely N-dealkylation sites (tertiary alicyclic amines) is 2. The van der Waals surface area contributed by atoms with Crippen molar-refractivity contribution < 1.29 is 54.9 Å². The summed E-state index contributed by atoms with van der Waals surface area (Å²) in [5, 5.41) is 10.9. The van der Waals surface area contributed by atoms with Crippen LogP contribution in [-0.2, 0) is 34.0 Å². The fourth-order valence-corrected chi connectivity index (χ4v) is 9.33. The largest absolute Gasteiger partial charge is 0.490 e. The van der Waals surface area contributed by atoms with Gasteiger partial charge in [0.25, 0.3) is 5.91 Å². The van der Waals surface area contributed by atoms with Crippen molar-refractivity contribution in [3.05, 3.63) is 75.5 Å². The molecule has 2 aromatic heterocycles. The van der Waals surface area contributed by atoms with E-state index in [1.165, 1.54) is 34.7 Å². The van der Waals surface area contributed by atoms with Gasteiger partial charge < -0.3 is 25.2 Å². The van der Waals surface area contributed by atoms with Crippen LogP contribution >= 0.6 is 11.3 Å². The van der Waals surface area contributed by atoms with Gasteiger partial charge in [-0.2, -0.15) is 26.3 Å². The molecule has 2 aliphatic heterocycles. The van der Waals surface area contributed by atoms with E-state index in [-0.39, 0.29) is 69.1 Å². The van der Waals surface area contributed by atoms with E-state index in [0.717, 1.165) is 18.6 Å². The van der Waals surface area contributed by atoms with Crippen molar-refractivity contribution in [2.24, 2.45) is 11.1 Å². The first-order valence-corrected chi connectivity index (χ1v) is 20.1. The smallest absolute Gasteiger partial charge is 0.425 e. The zero-order valence-electron chi connectivity index (χ0n) is 31.6. The van der Waals surface area contributed by atoms with Crippen molar-refractivity contribution >= 4 is 23.2 Å². The minimum Gasteiger partial charge on any atom is -0.490 e. The molecule has 57 heavy (non-hydrogen) atoms. The monoisotopic (exact) mass is 828 g/mol. The molecule has 1 aliphatic carbocycles. The van der Waals surface area contributed by atoms with Gasteiger partial charge in [0.1, 0.15) is 10.6 Å². The SMILES string of the molecule is CCCC1N(Cc2ncccc2C(F)(F)F)CCCC1(Oc1csc(C(F)(F)F)c1)C(=O)N1CCC(N)(c2cccc(F)c2OCCCC2(C(=O)O)CCC2)CC1. The zero-order valence-corrected chi connectivity index (χ0v) is 32.4. The van der Waals surface area contributed by atoms with E-state index >= 15 is 4.39 Å². The van der Waals surface area contributed by atoms with Gasteiger partial charge in [0.05, 0.1) is 29.3 Å². The Morgan fingerprint density at radius 2 is 1.74 bits per heavy atom. The molecule has 312 valence electrons. The average molecular weight is 829 g/mol. The molecular weight excluding hydrogens is 782 g/mol. The lowest BCUT2D eigenvalue weighted by atomic mass is 9.66. The van der Waals surface area contributed by atoms with Gasteiger partial charge in [-0.25, -0.2) is 4.39 Å². The second-order valence-corrected chi connectivity index (χ2v) is 16.4. The Morgan fingerprint density at radius 1 is 1.00 bits per heavy atom. The molecule has 2 unspecified atom stereocenters. The molecule has 3 aromatic rings. The van der Waals surface area contributed by atoms with Gasteiger partial charge in [0.2, 0.25) is 5.60 Å². The molecule has 6 rings (SSSR count). The van der Waals surface area contributed by atoms with Crippen LogP contribution in [0.4, 0.5) is 30.7 Å². The summed E-state index contributed by atoms with van der Waals surface area (Å²) in [6.07, 6.45) is -3.85. The third-order valence-electron chi connectivity index (χ3n) is 11.9. The number of carbonyl (C=O) groups excluding carboxylic acids is 1. The summed E-state index contributed by atoms with van der Waals surface area (Å²) >= 11 is 0.418. The van der Waals surface area contributed by atoms with E-state index < -0.39 is 63.1 Å². The van der Waals surface area contributed by atoms with Crippen LogP contribution in [0.1, 0.15) is 99.3 Å². The first kappa shape index (κ1) is 42.6. The van der Waals surface area contributed by atoms with Crippen molar-refractivity contribution in [3.8, 4) is 11.5 Å². The number of carboxylic acid groups (broad SMARTS) is 1. The summed E-state index contributed by atoms with van der Waals surface area (Å²) in [4.78, 5) is 33.1. The summed E-state index contributed by atoms with van der Waals surface area (Å²) in [5.74, 6) is -2.23. The normalized spacial score (nSPS) is 22.5. The highest BCUT2D eigenvalue weighted by molar-refractivity contribution is 7.10. The second-order valence-electron chi connectivity index (χ2n) is 15.5. The van der Waals surface area contributed by atoms with Gasteiger partial charge in [-0.3, -0.25) is 19.5 Å². The van der Waals surface area contributed by atoms with Crippen molar-refractivity contribution in [1.82, 2.24) is 14.8 Å². The van der Waals surface area contributed by atoms with Crippen LogP contribution in [0.15, 0.2) is 48.0 Å². The maximum atomic E-state index is 15.3. The summed E-state index contributed by atoms with van der Waals surface area (Å²) < 4.78 is 111. The number of halogens is 7. The van der Waals surface area contributed by atoms with Crippen LogP contribution in [-0.4, -0.2) is 69.7 Å². The average Bonchev–Trinajstić information content (AvgIpc) is 3.62. The molecule has 17 heteroatoms. The van der Waals surface area contributed by atoms with Crippen LogP contribution in [0.25, 0.3) is 0 Å².